The summed E-state index contributed by atoms with van der Waals surface area (Å²) >= 11 is 0. The standard InChI is InChI=1S/C20H31N3O2/c1-25-20(9-11-21-12-10-20)19(24)22-15-18-8-14-23(16-18)13-7-17-5-3-2-4-6-17/h2-6,18,21H,7-16H2,1H3,(H,22,24). The van der Waals surface area contributed by atoms with Crippen LogP contribution in [-0.2, 0) is 16.0 Å². The summed E-state index contributed by atoms with van der Waals surface area (Å²) in [5, 5.41) is 6.45. The molecule has 1 unspecified atom stereocenters. The minimum absolute atomic E-state index is 0.0687. The van der Waals surface area contributed by atoms with Gasteiger partial charge in [0.25, 0.3) is 5.91 Å². The van der Waals surface area contributed by atoms with Gasteiger partial charge in [0.15, 0.2) is 0 Å². The minimum atomic E-state index is -0.628. The molecule has 25 heavy (non-hydrogen) atoms. The van der Waals surface area contributed by atoms with E-state index >= 15 is 0 Å². The second kappa shape index (κ2) is 8.79. The van der Waals surface area contributed by atoms with Crippen LogP contribution in [0.4, 0.5) is 0 Å². The number of rotatable bonds is 7. The molecule has 0 radical (unpaired) electrons. The molecule has 2 aliphatic rings. The lowest BCUT2D eigenvalue weighted by molar-refractivity contribution is -0.146. The van der Waals surface area contributed by atoms with Crippen molar-refractivity contribution in [1.29, 1.82) is 0 Å². The third kappa shape index (κ3) is 4.81. The number of nitrogens with one attached hydrogen (secondary N) is 2. The van der Waals surface area contributed by atoms with Gasteiger partial charge in [-0.2, -0.15) is 0 Å². The number of ether oxygens (including phenoxy) is 1. The van der Waals surface area contributed by atoms with Crippen molar-refractivity contribution < 1.29 is 9.53 Å². The largest absolute Gasteiger partial charge is 0.368 e. The lowest BCUT2D eigenvalue weighted by atomic mass is 9.91. The summed E-state index contributed by atoms with van der Waals surface area (Å²) in [6.07, 6.45) is 3.77. The van der Waals surface area contributed by atoms with Gasteiger partial charge >= 0.3 is 0 Å². The molecule has 138 valence electrons. The fourth-order valence-corrected chi connectivity index (χ4v) is 3.97. The van der Waals surface area contributed by atoms with Crippen LogP contribution in [0.3, 0.4) is 0 Å². The molecule has 2 saturated heterocycles. The molecular formula is C20H31N3O2. The fourth-order valence-electron chi connectivity index (χ4n) is 3.97. The number of benzene rings is 1. The van der Waals surface area contributed by atoms with E-state index in [4.69, 9.17) is 4.74 Å². The number of carbonyl (C=O) groups is 1. The summed E-state index contributed by atoms with van der Waals surface area (Å²) < 4.78 is 5.60. The number of amides is 1. The van der Waals surface area contributed by atoms with Gasteiger partial charge in [-0.25, -0.2) is 0 Å². The van der Waals surface area contributed by atoms with E-state index in [1.807, 2.05) is 0 Å². The average molecular weight is 345 g/mol. The summed E-state index contributed by atoms with van der Waals surface area (Å²) in [5.41, 5.74) is 0.767. The smallest absolute Gasteiger partial charge is 0.252 e. The second-order valence-electron chi connectivity index (χ2n) is 7.35. The Kier molecular flexibility index (Phi) is 6.45. The molecule has 0 bridgehead atoms. The van der Waals surface area contributed by atoms with Gasteiger partial charge in [0.1, 0.15) is 5.60 Å². The van der Waals surface area contributed by atoms with Gasteiger partial charge in [-0.3, -0.25) is 4.79 Å². The van der Waals surface area contributed by atoms with Crippen molar-refractivity contribution >= 4 is 5.91 Å². The van der Waals surface area contributed by atoms with E-state index in [1.54, 1.807) is 7.11 Å². The van der Waals surface area contributed by atoms with Crippen LogP contribution in [0.1, 0.15) is 24.8 Å². The van der Waals surface area contributed by atoms with Gasteiger partial charge in [-0.05, 0) is 56.8 Å². The zero-order chi connectivity index (χ0) is 17.5. The third-order valence-electron chi connectivity index (χ3n) is 5.70. The van der Waals surface area contributed by atoms with Gasteiger partial charge in [0, 0.05) is 26.7 Å². The van der Waals surface area contributed by atoms with Crippen LogP contribution in [-0.4, -0.2) is 62.8 Å². The number of carbonyl (C=O) groups excluding carboxylic acids is 1. The molecule has 1 aromatic carbocycles. The average Bonchev–Trinajstić information content (AvgIpc) is 3.13. The highest BCUT2D eigenvalue weighted by molar-refractivity contribution is 5.85. The third-order valence-corrected chi connectivity index (χ3v) is 5.70. The van der Waals surface area contributed by atoms with Gasteiger partial charge < -0.3 is 20.3 Å². The van der Waals surface area contributed by atoms with Crippen molar-refractivity contribution in [1.82, 2.24) is 15.5 Å². The zero-order valence-corrected chi connectivity index (χ0v) is 15.3. The molecule has 1 aromatic rings. The molecule has 2 fully saturated rings. The number of methoxy groups -OCH3 is 1. The summed E-state index contributed by atoms with van der Waals surface area (Å²) in [6.45, 7) is 5.76. The number of nitrogens with zero attached hydrogens (tertiary/aromatic N) is 1. The first kappa shape index (κ1) is 18.4. The van der Waals surface area contributed by atoms with E-state index in [0.29, 0.717) is 5.92 Å². The summed E-state index contributed by atoms with van der Waals surface area (Å²) in [6, 6.07) is 10.6. The predicted molar refractivity (Wildman–Crippen MR) is 99.5 cm³/mol. The van der Waals surface area contributed by atoms with E-state index in [2.05, 4.69) is 45.9 Å². The van der Waals surface area contributed by atoms with E-state index in [0.717, 1.165) is 65.0 Å². The number of piperidine rings is 1. The fraction of sp³-hybridized carbons (Fsp3) is 0.650. The van der Waals surface area contributed by atoms with Crippen molar-refractivity contribution in [2.45, 2.75) is 31.3 Å². The molecule has 1 amide bonds. The molecule has 0 saturated carbocycles. The van der Waals surface area contributed by atoms with Crippen LogP contribution in [0.25, 0.3) is 0 Å². The Hall–Kier alpha value is -1.43. The van der Waals surface area contributed by atoms with Crippen LogP contribution < -0.4 is 10.6 Å². The highest BCUT2D eigenvalue weighted by atomic mass is 16.5. The first-order valence-corrected chi connectivity index (χ1v) is 9.52. The minimum Gasteiger partial charge on any atom is -0.368 e. The van der Waals surface area contributed by atoms with E-state index in [-0.39, 0.29) is 5.91 Å². The Morgan fingerprint density at radius 3 is 2.80 bits per heavy atom. The summed E-state index contributed by atoms with van der Waals surface area (Å²) in [5.74, 6) is 0.620. The van der Waals surface area contributed by atoms with Crippen molar-refractivity contribution in [3.05, 3.63) is 35.9 Å². The quantitative estimate of drug-likeness (QED) is 0.785. The maximum absolute atomic E-state index is 12.6. The van der Waals surface area contributed by atoms with Gasteiger partial charge in [-0.1, -0.05) is 30.3 Å². The van der Waals surface area contributed by atoms with Crippen LogP contribution in [0.15, 0.2) is 30.3 Å². The Balaban J connectivity index is 1.40. The monoisotopic (exact) mass is 345 g/mol. The van der Waals surface area contributed by atoms with Crippen LogP contribution in [0.5, 0.6) is 0 Å². The summed E-state index contributed by atoms with van der Waals surface area (Å²) in [4.78, 5) is 15.1. The van der Waals surface area contributed by atoms with Crippen molar-refractivity contribution in [3.63, 3.8) is 0 Å². The number of hydrogen-bond donors (Lipinski definition) is 2. The highest BCUT2D eigenvalue weighted by Gasteiger charge is 2.39. The number of likely N-dealkylation sites (tertiary alicyclic amines) is 1. The molecule has 3 rings (SSSR count). The topological polar surface area (TPSA) is 53.6 Å². The predicted octanol–water partition coefficient (Wildman–Crippen LogP) is 1.44. The Labute approximate surface area is 151 Å². The zero-order valence-electron chi connectivity index (χ0n) is 15.3. The lowest BCUT2D eigenvalue weighted by Crippen LogP contribution is -2.54. The molecule has 2 aliphatic heterocycles. The lowest BCUT2D eigenvalue weighted by Gasteiger charge is -2.35. The molecule has 2 heterocycles. The van der Waals surface area contributed by atoms with Crippen LogP contribution in [0, 0.1) is 5.92 Å². The van der Waals surface area contributed by atoms with Crippen molar-refractivity contribution in [3.8, 4) is 0 Å². The van der Waals surface area contributed by atoms with Crippen LogP contribution >= 0.6 is 0 Å². The van der Waals surface area contributed by atoms with E-state index in [1.165, 1.54) is 5.56 Å². The molecular weight excluding hydrogens is 314 g/mol. The Morgan fingerprint density at radius 1 is 1.32 bits per heavy atom. The molecule has 0 aliphatic carbocycles. The molecule has 0 spiro atoms. The van der Waals surface area contributed by atoms with Gasteiger partial charge in [-0.15, -0.1) is 0 Å². The van der Waals surface area contributed by atoms with E-state index < -0.39 is 5.60 Å². The first-order chi connectivity index (χ1) is 12.2. The van der Waals surface area contributed by atoms with Crippen molar-refractivity contribution in [2.24, 2.45) is 5.92 Å². The van der Waals surface area contributed by atoms with Gasteiger partial charge in [0.2, 0.25) is 0 Å². The maximum atomic E-state index is 12.6. The highest BCUT2D eigenvalue weighted by Crippen LogP contribution is 2.23. The first-order valence-electron chi connectivity index (χ1n) is 9.52. The second-order valence-corrected chi connectivity index (χ2v) is 7.35. The summed E-state index contributed by atoms with van der Waals surface area (Å²) in [7, 11) is 1.66. The van der Waals surface area contributed by atoms with Crippen LogP contribution in [0.2, 0.25) is 0 Å². The molecule has 5 nitrogen and oxygen atoms in total. The van der Waals surface area contributed by atoms with Crippen molar-refractivity contribution in [2.75, 3.05) is 46.4 Å². The Morgan fingerprint density at radius 2 is 2.08 bits per heavy atom. The number of hydrogen-bond acceptors (Lipinski definition) is 4. The Bertz CT molecular complexity index is 543. The molecule has 1 atom stereocenters. The maximum Gasteiger partial charge on any atom is 0.252 e. The molecule has 2 N–H and O–H groups in total. The molecule has 5 heteroatoms. The SMILES string of the molecule is COC1(C(=O)NCC2CCN(CCc3ccccc3)C2)CCNCC1. The van der Waals surface area contributed by atoms with Gasteiger partial charge in [0.05, 0.1) is 0 Å². The normalized spacial score (nSPS) is 23.5. The molecule has 0 aromatic heterocycles. The van der Waals surface area contributed by atoms with E-state index in [9.17, 15) is 4.79 Å².